The summed E-state index contributed by atoms with van der Waals surface area (Å²) in [5, 5.41) is 14.1. The van der Waals surface area contributed by atoms with Crippen molar-refractivity contribution in [2.45, 2.75) is 26.1 Å². The Morgan fingerprint density at radius 2 is 2.15 bits per heavy atom. The average molecular weight is 321 g/mol. The van der Waals surface area contributed by atoms with Gasteiger partial charge in [0, 0.05) is 25.4 Å². The van der Waals surface area contributed by atoms with Crippen molar-refractivity contribution >= 4 is 30.3 Å². The molecular formula is C12H18ClN2O4P. The van der Waals surface area contributed by atoms with Gasteiger partial charge in [-0.15, -0.1) is 0 Å². The summed E-state index contributed by atoms with van der Waals surface area (Å²) in [6.07, 6.45) is 0.930. The number of nitro groups is 1. The molecule has 0 aliphatic carbocycles. The van der Waals surface area contributed by atoms with Gasteiger partial charge >= 0.3 is 0 Å². The van der Waals surface area contributed by atoms with Crippen molar-refractivity contribution in [2.75, 3.05) is 18.6 Å². The Morgan fingerprint density at radius 1 is 1.50 bits per heavy atom. The van der Waals surface area contributed by atoms with E-state index in [-0.39, 0.29) is 5.69 Å². The fraction of sp³-hybridized carbons (Fsp3) is 0.500. The van der Waals surface area contributed by atoms with Crippen molar-refractivity contribution in [1.82, 2.24) is 0 Å². The van der Waals surface area contributed by atoms with Crippen LogP contribution in [0, 0.1) is 10.1 Å². The molecule has 1 N–H and O–H groups in total. The first kappa shape index (κ1) is 17.0. The fourth-order valence-electron chi connectivity index (χ4n) is 1.87. The third kappa shape index (κ3) is 3.72. The second kappa shape index (κ2) is 7.07. The molecule has 0 aliphatic heterocycles. The van der Waals surface area contributed by atoms with E-state index >= 15 is 0 Å². The van der Waals surface area contributed by atoms with E-state index in [0.29, 0.717) is 23.3 Å². The molecule has 1 rings (SSSR count). The number of rotatable bonds is 7. The number of anilines is 1. The van der Waals surface area contributed by atoms with Crippen LogP contribution in [0.15, 0.2) is 18.2 Å². The molecular weight excluding hydrogens is 303 g/mol. The van der Waals surface area contributed by atoms with E-state index in [4.69, 9.17) is 16.1 Å². The highest BCUT2D eigenvalue weighted by Gasteiger charge is 2.30. The second-order valence-corrected chi connectivity index (χ2v) is 7.69. The molecule has 0 fully saturated rings. The van der Waals surface area contributed by atoms with Gasteiger partial charge in [-0.2, -0.15) is 0 Å². The van der Waals surface area contributed by atoms with Gasteiger partial charge < -0.3 is 9.84 Å². The maximum Gasteiger partial charge on any atom is 0.271 e. The molecule has 0 spiro atoms. The second-order valence-electron chi connectivity index (χ2n) is 4.21. The summed E-state index contributed by atoms with van der Waals surface area (Å²) in [7, 11) is -1.45. The Hall–Kier alpha value is -1.10. The lowest BCUT2D eigenvalue weighted by Gasteiger charge is -2.26. The molecule has 0 saturated carbocycles. The molecule has 2 atom stereocenters. The zero-order chi connectivity index (χ0) is 15.3. The summed E-state index contributed by atoms with van der Waals surface area (Å²) in [5.74, 6) is -0.433. The Morgan fingerprint density at radius 3 is 2.60 bits per heavy atom. The molecule has 0 amide bonds. The largest absolute Gasteiger partial charge is 0.372 e. The zero-order valence-corrected chi connectivity index (χ0v) is 13.3. The normalized spacial score (nSPS) is 15.4. The van der Waals surface area contributed by atoms with Crippen molar-refractivity contribution in [2.24, 2.45) is 0 Å². The van der Waals surface area contributed by atoms with E-state index in [1.54, 1.807) is 6.92 Å². The lowest BCUT2D eigenvalue weighted by Crippen LogP contribution is -2.21. The van der Waals surface area contributed by atoms with E-state index in [1.165, 1.54) is 25.3 Å². The minimum absolute atomic E-state index is 0.0736. The Balaban J connectivity index is 3.10. The van der Waals surface area contributed by atoms with Gasteiger partial charge in [-0.25, -0.2) is 0 Å². The molecule has 2 unspecified atom stereocenters. The summed E-state index contributed by atoms with van der Waals surface area (Å²) in [6.45, 7) is 3.65. The Labute approximate surface area is 123 Å². The predicted octanol–water partition coefficient (Wildman–Crippen LogP) is 4.34. The highest BCUT2D eigenvalue weighted by Crippen LogP contribution is 2.52. The number of benzene rings is 1. The Bertz CT molecular complexity index is 530. The van der Waals surface area contributed by atoms with Crippen LogP contribution in [-0.4, -0.2) is 24.0 Å². The fourth-order valence-corrected chi connectivity index (χ4v) is 3.89. The summed E-state index contributed by atoms with van der Waals surface area (Å²) >= 11 is 6.02. The molecule has 0 radical (unpaired) electrons. The van der Waals surface area contributed by atoms with E-state index in [0.717, 1.165) is 0 Å². The molecule has 0 saturated heterocycles. The number of hydrogen-bond acceptors (Lipinski definition) is 5. The first-order valence-electron chi connectivity index (χ1n) is 6.22. The van der Waals surface area contributed by atoms with Crippen LogP contribution in [0.3, 0.4) is 0 Å². The molecule has 112 valence electrons. The van der Waals surface area contributed by atoms with Crippen LogP contribution in [-0.2, 0) is 9.09 Å². The minimum Gasteiger partial charge on any atom is -0.372 e. The molecule has 20 heavy (non-hydrogen) atoms. The van der Waals surface area contributed by atoms with Crippen LogP contribution in [0.2, 0.25) is 5.02 Å². The summed E-state index contributed by atoms with van der Waals surface area (Å²) in [5.41, 5.74) is 0.314. The first-order valence-corrected chi connectivity index (χ1v) is 8.48. The van der Waals surface area contributed by atoms with Gasteiger partial charge in [0.15, 0.2) is 0 Å². The van der Waals surface area contributed by atoms with Crippen LogP contribution in [0.25, 0.3) is 0 Å². The molecule has 6 nitrogen and oxygen atoms in total. The topological polar surface area (TPSA) is 81.5 Å². The summed E-state index contributed by atoms with van der Waals surface area (Å²) in [6, 6.07) is 4.10. The predicted molar refractivity (Wildman–Crippen MR) is 81.0 cm³/mol. The molecule has 0 aliphatic rings. The smallest absolute Gasteiger partial charge is 0.271 e. The number of halogens is 1. The standard InChI is InChI=1S/C12H18ClN2O4P/c1-4-12(20(18,5-2)19-3)14-11-8-9(15(16)17)6-7-10(11)13/h6-8,12,14H,4-5H2,1-3H3. The van der Waals surface area contributed by atoms with Crippen molar-refractivity contribution < 1.29 is 14.0 Å². The van der Waals surface area contributed by atoms with Crippen LogP contribution in [0.1, 0.15) is 20.3 Å². The Kier molecular flexibility index (Phi) is 5.99. The van der Waals surface area contributed by atoms with Crippen molar-refractivity contribution in [3.05, 3.63) is 33.3 Å². The van der Waals surface area contributed by atoms with Gasteiger partial charge in [0.1, 0.15) is 5.78 Å². The SMILES string of the molecule is CCC(Nc1cc([N+](=O)[O-])ccc1Cl)P(=O)(CC)OC. The highest BCUT2D eigenvalue weighted by atomic mass is 35.5. The van der Waals surface area contributed by atoms with Gasteiger partial charge in [0.25, 0.3) is 5.69 Å². The van der Waals surface area contributed by atoms with Gasteiger partial charge in [-0.1, -0.05) is 25.4 Å². The van der Waals surface area contributed by atoms with Crippen LogP contribution in [0.4, 0.5) is 11.4 Å². The van der Waals surface area contributed by atoms with Gasteiger partial charge in [0.05, 0.1) is 15.6 Å². The molecule has 0 bridgehead atoms. The van der Waals surface area contributed by atoms with Crippen molar-refractivity contribution in [3.63, 3.8) is 0 Å². The van der Waals surface area contributed by atoms with Crippen LogP contribution < -0.4 is 5.32 Å². The average Bonchev–Trinajstić information content (AvgIpc) is 2.45. The summed E-state index contributed by atoms with van der Waals surface area (Å²) < 4.78 is 17.7. The van der Waals surface area contributed by atoms with E-state index in [1.807, 2.05) is 6.92 Å². The first-order chi connectivity index (χ1) is 9.37. The van der Waals surface area contributed by atoms with E-state index in [2.05, 4.69) is 5.32 Å². The number of hydrogen-bond donors (Lipinski definition) is 1. The molecule has 0 aromatic heterocycles. The molecule has 1 aromatic rings. The quantitative estimate of drug-likeness (QED) is 0.459. The van der Waals surface area contributed by atoms with Gasteiger partial charge in [0.2, 0.25) is 7.37 Å². The van der Waals surface area contributed by atoms with Crippen LogP contribution >= 0.6 is 19.0 Å². The number of nitro benzene ring substituents is 1. The third-order valence-electron chi connectivity index (χ3n) is 3.09. The molecule has 0 heterocycles. The van der Waals surface area contributed by atoms with E-state index in [9.17, 15) is 14.7 Å². The summed E-state index contributed by atoms with van der Waals surface area (Å²) in [4.78, 5) is 10.3. The molecule has 8 heteroatoms. The van der Waals surface area contributed by atoms with Gasteiger partial charge in [-0.3, -0.25) is 14.7 Å². The van der Waals surface area contributed by atoms with Crippen LogP contribution in [0.5, 0.6) is 0 Å². The van der Waals surface area contributed by atoms with Crippen molar-refractivity contribution in [3.8, 4) is 0 Å². The maximum absolute atomic E-state index is 12.6. The minimum atomic E-state index is -2.86. The lowest BCUT2D eigenvalue weighted by molar-refractivity contribution is -0.384. The lowest BCUT2D eigenvalue weighted by atomic mass is 10.2. The molecule has 1 aromatic carbocycles. The maximum atomic E-state index is 12.6. The monoisotopic (exact) mass is 320 g/mol. The van der Waals surface area contributed by atoms with Crippen molar-refractivity contribution in [1.29, 1.82) is 0 Å². The number of nitrogens with zero attached hydrogens (tertiary/aromatic N) is 1. The zero-order valence-electron chi connectivity index (χ0n) is 11.6. The third-order valence-corrected chi connectivity index (χ3v) is 6.37. The van der Waals surface area contributed by atoms with E-state index < -0.39 is 18.1 Å². The highest BCUT2D eigenvalue weighted by molar-refractivity contribution is 7.59. The number of nitrogens with one attached hydrogen (secondary N) is 1. The number of non-ortho nitro benzene ring substituents is 1. The van der Waals surface area contributed by atoms with Gasteiger partial charge in [-0.05, 0) is 12.5 Å².